The van der Waals surface area contributed by atoms with E-state index in [-0.39, 0.29) is 17.8 Å². The van der Waals surface area contributed by atoms with Gasteiger partial charge in [0.1, 0.15) is 5.82 Å². The fraction of sp³-hybridized carbons (Fsp3) is 0.455. The molecule has 0 heterocycles. The molecule has 0 saturated heterocycles. The number of nitrogens with zero attached hydrogens (tertiary/aromatic N) is 1. The van der Waals surface area contributed by atoms with Gasteiger partial charge in [-0.05, 0) is 12.1 Å². The third-order valence-electron chi connectivity index (χ3n) is 3.31. The molecule has 0 aliphatic heterocycles. The summed E-state index contributed by atoms with van der Waals surface area (Å²) in [7, 11) is 0. The molecule has 1 saturated carbocycles. The first-order valence-corrected chi connectivity index (χ1v) is 5.32. The van der Waals surface area contributed by atoms with Gasteiger partial charge in [-0.1, -0.05) is 0 Å². The van der Waals surface area contributed by atoms with E-state index in [1.54, 1.807) is 0 Å². The van der Waals surface area contributed by atoms with Crippen LogP contribution in [0.2, 0.25) is 0 Å². The molecule has 2 N–H and O–H groups in total. The number of alkyl halides is 2. The number of halogens is 3. The lowest BCUT2D eigenvalue weighted by Gasteiger charge is -2.46. The van der Waals surface area contributed by atoms with Crippen LogP contribution in [0.15, 0.2) is 18.2 Å². The summed E-state index contributed by atoms with van der Waals surface area (Å²) < 4.78 is 39.2. The molecule has 18 heavy (non-hydrogen) atoms. The maximum absolute atomic E-state index is 13.2. The Labute approximate surface area is 101 Å². The van der Waals surface area contributed by atoms with Gasteiger partial charge in [-0.3, -0.25) is 10.1 Å². The summed E-state index contributed by atoms with van der Waals surface area (Å²) in [4.78, 5) is 10.1. The van der Waals surface area contributed by atoms with E-state index in [2.05, 4.69) is 0 Å². The first-order chi connectivity index (χ1) is 8.30. The van der Waals surface area contributed by atoms with Gasteiger partial charge in [-0.15, -0.1) is 0 Å². The minimum Gasteiger partial charge on any atom is -0.330 e. The quantitative estimate of drug-likeness (QED) is 0.670. The zero-order valence-electron chi connectivity index (χ0n) is 9.33. The number of nitro benzene ring substituents is 1. The van der Waals surface area contributed by atoms with Gasteiger partial charge in [0.05, 0.1) is 4.92 Å². The molecule has 7 heteroatoms. The second kappa shape index (κ2) is 3.94. The Hall–Kier alpha value is -1.63. The standard InChI is InChI=1S/C11H11F3N2O2/c12-7-1-2-9(16(17)18)8(3-7)10(6-15)4-11(13,14)5-10/h1-3H,4-6,15H2. The first kappa shape index (κ1) is 12.8. The highest BCUT2D eigenvalue weighted by atomic mass is 19.3. The van der Waals surface area contributed by atoms with Gasteiger partial charge >= 0.3 is 0 Å². The van der Waals surface area contributed by atoms with Crippen molar-refractivity contribution in [2.45, 2.75) is 24.2 Å². The highest BCUT2D eigenvalue weighted by Gasteiger charge is 2.58. The molecule has 2 rings (SSSR count). The molecule has 1 fully saturated rings. The van der Waals surface area contributed by atoms with Crippen LogP contribution in [0.4, 0.5) is 18.9 Å². The monoisotopic (exact) mass is 260 g/mol. The molecule has 0 amide bonds. The van der Waals surface area contributed by atoms with Crippen LogP contribution in [0.25, 0.3) is 0 Å². The second-order valence-corrected chi connectivity index (χ2v) is 4.61. The van der Waals surface area contributed by atoms with E-state index in [0.717, 1.165) is 18.2 Å². The fourth-order valence-corrected chi connectivity index (χ4v) is 2.48. The third kappa shape index (κ3) is 1.94. The number of nitro groups is 1. The third-order valence-corrected chi connectivity index (χ3v) is 3.31. The van der Waals surface area contributed by atoms with Crippen molar-refractivity contribution in [3.63, 3.8) is 0 Å². The minimum absolute atomic E-state index is 0.0408. The highest BCUT2D eigenvalue weighted by Crippen LogP contribution is 2.54. The van der Waals surface area contributed by atoms with Crippen LogP contribution in [-0.2, 0) is 5.41 Å². The van der Waals surface area contributed by atoms with Crippen LogP contribution in [0.1, 0.15) is 18.4 Å². The van der Waals surface area contributed by atoms with Gasteiger partial charge in [-0.2, -0.15) is 0 Å². The number of hydrogen-bond acceptors (Lipinski definition) is 3. The van der Waals surface area contributed by atoms with Crippen LogP contribution in [-0.4, -0.2) is 17.4 Å². The molecule has 0 aromatic heterocycles. The molecule has 1 aromatic carbocycles. The highest BCUT2D eigenvalue weighted by molar-refractivity contribution is 5.48. The average Bonchev–Trinajstić information content (AvgIpc) is 2.24. The average molecular weight is 260 g/mol. The van der Waals surface area contributed by atoms with Gasteiger partial charge in [0, 0.05) is 36.4 Å². The fourth-order valence-electron chi connectivity index (χ4n) is 2.48. The summed E-state index contributed by atoms with van der Waals surface area (Å²) in [5.41, 5.74) is 3.86. The van der Waals surface area contributed by atoms with Gasteiger partial charge in [0.2, 0.25) is 5.92 Å². The van der Waals surface area contributed by atoms with Crippen LogP contribution < -0.4 is 5.73 Å². The lowest BCUT2D eigenvalue weighted by Crippen LogP contribution is -2.54. The van der Waals surface area contributed by atoms with Crippen LogP contribution in [0.5, 0.6) is 0 Å². The SMILES string of the molecule is NCC1(c2cc(F)ccc2[N+](=O)[O-])CC(F)(F)C1. The lowest BCUT2D eigenvalue weighted by molar-refractivity contribution is -0.386. The normalized spacial score (nSPS) is 20.2. The summed E-state index contributed by atoms with van der Waals surface area (Å²) >= 11 is 0. The number of rotatable bonds is 3. The van der Waals surface area contributed by atoms with E-state index >= 15 is 0 Å². The predicted octanol–water partition coefficient (Wildman–Crippen LogP) is 2.36. The molecular weight excluding hydrogens is 249 g/mol. The van der Waals surface area contributed by atoms with Crippen molar-refractivity contribution >= 4 is 5.69 Å². The Kier molecular flexibility index (Phi) is 2.81. The van der Waals surface area contributed by atoms with Crippen molar-refractivity contribution in [2.75, 3.05) is 6.54 Å². The number of benzene rings is 1. The van der Waals surface area contributed by atoms with Crippen molar-refractivity contribution in [2.24, 2.45) is 5.73 Å². The van der Waals surface area contributed by atoms with Gasteiger partial charge in [0.15, 0.2) is 0 Å². The Morgan fingerprint density at radius 3 is 2.44 bits per heavy atom. The number of hydrogen-bond donors (Lipinski definition) is 1. The second-order valence-electron chi connectivity index (χ2n) is 4.61. The molecule has 4 nitrogen and oxygen atoms in total. The van der Waals surface area contributed by atoms with E-state index in [4.69, 9.17) is 5.73 Å². The molecule has 0 spiro atoms. The molecule has 0 atom stereocenters. The van der Waals surface area contributed by atoms with Crippen LogP contribution >= 0.6 is 0 Å². The summed E-state index contributed by atoms with van der Waals surface area (Å²) in [5.74, 6) is -3.59. The Morgan fingerprint density at radius 2 is 2.00 bits per heavy atom. The van der Waals surface area contributed by atoms with Crippen molar-refractivity contribution < 1.29 is 18.1 Å². The van der Waals surface area contributed by atoms with Crippen LogP contribution in [0, 0.1) is 15.9 Å². The van der Waals surface area contributed by atoms with Crippen molar-refractivity contribution in [1.29, 1.82) is 0 Å². The maximum Gasteiger partial charge on any atom is 0.273 e. The molecule has 0 radical (unpaired) electrons. The van der Waals surface area contributed by atoms with E-state index < -0.39 is 34.9 Å². The Morgan fingerprint density at radius 1 is 1.39 bits per heavy atom. The van der Waals surface area contributed by atoms with E-state index in [9.17, 15) is 23.3 Å². The van der Waals surface area contributed by atoms with Crippen molar-refractivity contribution in [3.8, 4) is 0 Å². The summed E-state index contributed by atoms with van der Waals surface area (Å²) in [5, 5.41) is 10.9. The number of nitrogens with two attached hydrogens (primary N) is 1. The summed E-state index contributed by atoms with van der Waals surface area (Å²) in [6.45, 7) is -0.174. The van der Waals surface area contributed by atoms with Gasteiger partial charge in [0.25, 0.3) is 5.69 Å². The summed E-state index contributed by atoms with van der Waals surface area (Å²) in [6, 6.07) is 2.85. The zero-order chi connectivity index (χ0) is 13.6. The van der Waals surface area contributed by atoms with Crippen LogP contribution in [0.3, 0.4) is 0 Å². The molecule has 1 aliphatic rings. The Balaban J connectivity index is 2.49. The maximum atomic E-state index is 13.2. The predicted molar refractivity (Wildman–Crippen MR) is 58.0 cm³/mol. The molecule has 0 bridgehead atoms. The molecule has 1 aromatic rings. The minimum atomic E-state index is -2.89. The zero-order valence-corrected chi connectivity index (χ0v) is 9.33. The first-order valence-electron chi connectivity index (χ1n) is 5.32. The molecular formula is C11H11F3N2O2. The Bertz CT molecular complexity index is 497. The van der Waals surface area contributed by atoms with E-state index in [1.807, 2.05) is 0 Å². The smallest absolute Gasteiger partial charge is 0.273 e. The summed E-state index contributed by atoms with van der Waals surface area (Å²) in [6.07, 6.45) is -1.17. The van der Waals surface area contributed by atoms with Crippen molar-refractivity contribution in [1.82, 2.24) is 0 Å². The lowest BCUT2D eigenvalue weighted by atomic mass is 9.61. The molecule has 0 unspecified atom stereocenters. The molecule has 98 valence electrons. The topological polar surface area (TPSA) is 69.2 Å². The van der Waals surface area contributed by atoms with E-state index in [0.29, 0.717) is 0 Å². The van der Waals surface area contributed by atoms with E-state index in [1.165, 1.54) is 0 Å². The van der Waals surface area contributed by atoms with Gasteiger partial charge < -0.3 is 5.73 Å². The molecule has 1 aliphatic carbocycles. The van der Waals surface area contributed by atoms with Gasteiger partial charge in [-0.25, -0.2) is 13.2 Å². The largest absolute Gasteiger partial charge is 0.330 e. The van der Waals surface area contributed by atoms with Crippen molar-refractivity contribution in [3.05, 3.63) is 39.7 Å².